The summed E-state index contributed by atoms with van der Waals surface area (Å²) in [7, 11) is 0. The third-order valence-corrected chi connectivity index (χ3v) is 5.62. The van der Waals surface area contributed by atoms with Crippen molar-refractivity contribution in [1.29, 1.82) is 0 Å². The number of nitrogens with zero attached hydrogens (tertiary/aromatic N) is 5. The fourth-order valence-electron chi connectivity index (χ4n) is 3.60. The van der Waals surface area contributed by atoms with Crippen LogP contribution in [0.15, 0.2) is 55.0 Å². The van der Waals surface area contributed by atoms with Gasteiger partial charge in [-0.2, -0.15) is 0 Å². The van der Waals surface area contributed by atoms with E-state index in [1.807, 2.05) is 36.8 Å². The topological polar surface area (TPSA) is 65.4 Å². The molecule has 0 aliphatic rings. The zero-order chi connectivity index (χ0) is 22.1. The van der Waals surface area contributed by atoms with Gasteiger partial charge in [-0.1, -0.05) is 18.2 Å². The van der Waals surface area contributed by atoms with Gasteiger partial charge < -0.3 is 5.11 Å². The highest BCUT2D eigenvalue weighted by Crippen LogP contribution is 2.14. The molecule has 31 heavy (non-hydrogen) atoms. The maximum Gasteiger partial charge on any atom is 0.0573 e. The molecule has 3 aromatic rings. The molecular formula is C25H33N5O. The van der Waals surface area contributed by atoms with Crippen molar-refractivity contribution < 1.29 is 5.11 Å². The van der Waals surface area contributed by atoms with Gasteiger partial charge in [-0.15, -0.1) is 0 Å². The molecule has 0 aromatic carbocycles. The van der Waals surface area contributed by atoms with E-state index in [2.05, 4.69) is 63.7 Å². The van der Waals surface area contributed by atoms with Gasteiger partial charge in [-0.3, -0.25) is 24.8 Å². The molecule has 6 nitrogen and oxygen atoms in total. The van der Waals surface area contributed by atoms with E-state index in [-0.39, 0.29) is 6.61 Å². The lowest BCUT2D eigenvalue weighted by molar-refractivity contribution is 0.154. The number of aliphatic hydroxyl groups excluding tert-OH is 1. The summed E-state index contributed by atoms with van der Waals surface area (Å²) in [6.45, 7) is 11.0. The SMILES string of the molecule is Cc1cccnc1CN(CCO)CCN(Cc1ncccc1C)Cc1ncccc1C. The van der Waals surface area contributed by atoms with E-state index in [1.54, 1.807) is 0 Å². The Balaban J connectivity index is 1.73. The van der Waals surface area contributed by atoms with E-state index in [0.717, 1.165) is 49.8 Å². The van der Waals surface area contributed by atoms with Crippen LogP contribution in [0.5, 0.6) is 0 Å². The van der Waals surface area contributed by atoms with Crippen LogP contribution in [0, 0.1) is 20.8 Å². The minimum absolute atomic E-state index is 0.130. The first-order valence-corrected chi connectivity index (χ1v) is 10.8. The van der Waals surface area contributed by atoms with Gasteiger partial charge in [0.25, 0.3) is 0 Å². The van der Waals surface area contributed by atoms with Crippen molar-refractivity contribution in [1.82, 2.24) is 24.8 Å². The molecule has 3 heterocycles. The monoisotopic (exact) mass is 419 g/mol. The van der Waals surface area contributed by atoms with Crippen molar-refractivity contribution in [3.8, 4) is 0 Å². The third kappa shape index (κ3) is 6.92. The minimum atomic E-state index is 0.130. The summed E-state index contributed by atoms with van der Waals surface area (Å²) in [5, 5.41) is 9.60. The Morgan fingerprint density at radius 2 is 1.00 bits per heavy atom. The predicted octanol–water partition coefficient (Wildman–Crippen LogP) is 3.29. The number of aryl methyl sites for hydroxylation is 3. The standard InChI is InChI=1S/C25H33N5O/c1-20-7-4-10-26-23(20)17-29(15-16-31)13-14-30(18-24-21(2)8-5-11-27-24)19-25-22(3)9-6-12-28-25/h4-12,31H,13-19H2,1-3H3. The molecule has 0 fully saturated rings. The van der Waals surface area contributed by atoms with Gasteiger partial charge in [0.15, 0.2) is 0 Å². The molecule has 3 rings (SSSR count). The largest absolute Gasteiger partial charge is 0.395 e. The van der Waals surface area contributed by atoms with Crippen molar-refractivity contribution in [3.05, 3.63) is 88.8 Å². The number of aliphatic hydroxyl groups is 1. The first-order valence-electron chi connectivity index (χ1n) is 10.8. The Labute approximate surface area is 185 Å². The van der Waals surface area contributed by atoms with Crippen LogP contribution in [0.25, 0.3) is 0 Å². The smallest absolute Gasteiger partial charge is 0.0573 e. The van der Waals surface area contributed by atoms with Crippen LogP contribution in [0.3, 0.4) is 0 Å². The molecule has 1 N–H and O–H groups in total. The summed E-state index contributed by atoms with van der Waals surface area (Å²) in [5.74, 6) is 0. The summed E-state index contributed by atoms with van der Waals surface area (Å²) in [4.78, 5) is 18.4. The zero-order valence-electron chi connectivity index (χ0n) is 18.8. The average molecular weight is 420 g/mol. The van der Waals surface area contributed by atoms with E-state index >= 15 is 0 Å². The van der Waals surface area contributed by atoms with Gasteiger partial charge in [-0.25, -0.2) is 0 Å². The number of aromatic nitrogens is 3. The molecule has 0 saturated carbocycles. The molecule has 0 aliphatic heterocycles. The second-order valence-electron chi connectivity index (χ2n) is 8.01. The highest BCUT2D eigenvalue weighted by atomic mass is 16.3. The lowest BCUT2D eigenvalue weighted by Crippen LogP contribution is -2.36. The van der Waals surface area contributed by atoms with Crippen LogP contribution in [0.4, 0.5) is 0 Å². The van der Waals surface area contributed by atoms with Crippen molar-refractivity contribution in [3.63, 3.8) is 0 Å². The highest BCUT2D eigenvalue weighted by Gasteiger charge is 2.15. The first-order chi connectivity index (χ1) is 15.1. The Hall–Kier alpha value is -2.67. The van der Waals surface area contributed by atoms with Crippen molar-refractivity contribution in [2.24, 2.45) is 0 Å². The van der Waals surface area contributed by atoms with Gasteiger partial charge in [-0.05, 0) is 55.7 Å². The molecule has 3 aromatic heterocycles. The number of pyridine rings is 3. The second kappa shape index (κ2) is 11.6. The van der Waals surface area contributed by atoms with Crippen LogP contribution in [-0.2, 0) is 19.6 Å². The molecule has 164 valence electrons. The first kappa shape index (κ1) is 23.0. The average Bonchev–Trinajstić information content (AvgIpc) is 2.76. The van der Waals surface area contributed by atoms with Crippen LogP contribution in [-0.4, -0.2) is 56.1 Å². The fourth-order valence-corrected chi connectivity index (χ4v) is 3.60. The molecule has 0 aliphatic carbocycles. The number of rotatable bonds is 11. The van der Waals surface area contributed by atoms with Gasteiger partial charge in [0, 0.05) is 57.9 Å². The highest BCUT2D eigenvalue weighted by molar-refractivity contribution is 5.20. The van der Waals surface area contributed by atoms with Crippen LogP contribution < -0.4 is 0 Å². The molecule has 0 unspecified atom stereocenters. The molecule has 0 spiro atoms. The predicted molar refractivity (Wildman–Crippen MR) is 123 cm³/mol. The summed E-state index contributed by atoms with van der Waals surface area (Å²) < 4.78 is 0. The molecule has 0 amide bonds. The maximum absolute atomic E-state index is 9.60. The van der Waals surface area contributed by atoms with E-state index in [9.17, 15) is 5.11 Å². The Morgan fingerprint density at radius 1 is 0.613 bits per heavy atom. The van der Waals surface area contributed by atoms with E-state index < -0.39 is 0 Å². The summed E-state index contributed by atoms with van der Waals surface area (Å²) in [6.07, 6.45) is 5.54. The van der Waals surface area contributed by atoms with Crippen molar-refractivity contribution in [2.45, 2.75) is 40.4 Å². The Kier molecular flexibility index (Phi) is 8.64. The van der Waals surface area contributed by atoms with Crippen LogP contribution >= 0.6 is 0 Å². The second-order valence-corrected chi connectivity index (χ2v) is 8.01. The summed E-state index contributed by atoms with van der Waals surface area (Å²) >= 11 is 0. The zero-order valence-corrected chi connectivity index (χ0v) is 18.8. The molecule has 0 radical (unpaired) electrons. The van der Waals surface area contributed by atoms with E-state index in [0.29, 0.717) is 6.54 Å². The van der Waals surface area contributed by atoms with Gasteiger partial charge in [0.05, 0.1) is 23.7 Å². The molecule has 0 saturated heterocycles. The van der Waals surface area contributed by atoms with Crippen molar-refractivity contribution >= 4 is 0 Å². The van der Waals surface area contributed by atoms with Crippen molar-refractivity contribution in [2.75, 3.05) is 26.2 Å². The van der Waals surface area contributed by atoms with E-state index in [4.69, 9.17) is 0 Å². The molecule has 0 atom stereocenters. The quantitative estimate of drug-likeness (QED) is 0.514. The summed E-state index contributed by atoms with van der Waals surface area (Å²) in [5.41, 5.74) is 6.80. The van der Waals surface area contributed by atoms with Gasteiger partial charge >= 0.3 is 0 Å². The van der Waals surface area contributed by atoms with Gasteiger partial charge in [0.2, 0.25) is 0 Å². The third-order valence-electron chi connectivity index (χ3n) is 5.62. The van der Waals surface area contributed by atoms with Crippen LogP contribution in [0.2, 0.25) is 0 Å². The fraction of sp³-hybridized carbons (Fsp3) is 0.400. The van der Waals surface area contributed by atoms with Gasteiger partial charge in [0.1, 0.15) is 0 Å². The maximum atomic E-state index is 9.60. The Bertz CT molecular complexity index is 914. The molecular weight excluding hydrogens is 386 g/mol. The minimum Gasteiger partial charge on any atom is -0.395 e. The van der Waals surface area contributed by atoms with E-state index in [1.165, 1.54) is 16.7 Å². The normalized spacial score (nSPS) is 11.4. The van der Waals surface area contributed by atoms with Crippen LogP contribution in [0.1, 0.15) is 33.8 Å². The lowest BCUT2D eigenvalue weighted by Gasteiger charge is -2.28. The Morgan fingerprint density at radius 3 is 1.39 bits per heavy atom. The summed E-state index contributed by atoms with van der Waals surface area (Å²) in [6, 6.07) is 12.2. The number of hydrogen-bond acceptors (Lipinski definition) is 6. The molecule has 0 bridgehead atoms. The number of hydrogen-bond donors (Lipinski definition) is 1. The molecule has 6 heteroatoms. The lowest BCUT2D eigenvalue weighted by atomic mass is 10.1.